The molecule has 0 aliphatic rings. The Labute approximate surface area is 206 Å². The lowest BCUT2D eigenvalue weighted by Gasteiger charge is -2.35. The molecule has 0 aromatic carbocycles. The van der Waals surface area contributed by atoms with Gasteiger partial charge in [-0.1, -0.05) is 136 Å². The van der Waals surface area contributed by atoms with Crippen LogP contribution in [0.25, 0.3) is 0 Å². The van der Waals surface area contributed by atoms with Gasteiger partial charge < -0.3 is 14.9 Å². The molecule has 0 radical (unpaired) electrons. The molecule has 33 heavy (non-hydrogen) atoms. The van der Waals surface area contributed by atoms with Gasteiger partial charge in [-0.3, -0.25) is 4.79 Å². The Balaban J connectivity index is 4.12. The quantitative estimate of drug-likeness (QED) is 0.126. The number of rotatable bonds is 26. The molecule has 0 bridgehead atoms. The van der Waals surface area contributed by atoms with E-state index in [9.17, 15) is 15.0 Å². The standard InChI is InChI=1S/C29H58O4/c1-4-6-8-10-12-14-16-18-20-22-24-29(27(3)31,28(32)26-30)33-25-23-21-19-17-15-13-11-9-7-5-2/h28,30,32H,4-26H2,1-3H3. The lowest BCUT2D eigenvalue weighted by molar-refractivity contribution is -0.168. The van der Waals surface area contributed by atoms with E-state index in [1.807, 2.05) is 0 Å². The van der Waals surface area contributed by atoms with Crippen molar-refractivity contribution >= 4 is 5.78 Å². The van der Waals surface area contributed by atoms with Crippen molar-refractivity contribution in [3.05, 3.63) is 0 Å². The second-order valence-corrected chi connectivity index (χ2v) is 10.1. The monoisotopic (exact) mass is 470 g/mol. The molecule has 0 saturated carbocycles. The maximum absolute atomic E-state index is 12.5. The van der Waals surface area contributed by atoms with Crippen LogP contribution in [0.3, 0.4) is 0 Å². The van der Waals surface area contributed by atoms with Gasteiger partial charge in [0.25, 0.3) is 0 Å². The van der Waals surface area contributed by atoms with Crippen LogP contribution >= 0.6 is 0 Å². The summed E-state index contributed by atoms with van der Waals surface area (Å²) in [4.78, 5) is 12.5. The van der Waals surface area contributed by atoms with Crippen molar-refractivity contribution < 1.29 is 19.7 Å². The summed E-state index contributed by atoms with van der Waals surface area (Å²) in [7, 11) is 0. The third-order valence-corrected chi connectivity index (χ3v) is 7.07. The molecule has 0 aromatic heterocycles. The van der Waals surface area contributed by atoms with Gasteiger partial charge >= 0.3 is 0 Å². The highest BCUT2D eigenvalue weighted by molar-refractivity contribution is 5.85. The van der Waals surface area contributed by atoms with Crippen LogP contribution in [-0.4, -0.2) is 40.9 Å². The maximum Gasteiger partial charge on any atom is 0.164 e. The fourth-order valence-electron chi connectivity index (χ4n) is 4.71. The molecule has 0 heterocycles. The third kappa shape index (κ3) is 16.8. The van der Waals surface area contributed by atoms with Crippen LogP contribution in [0.4, 0.5) is 0 Å². The smallest absolute Gasteiger partial charge is 0.164 e. The van der Waals surface area contributed by atoms with Crippen LogP contribution in [0.5, 0.6) is 0 Å². The van der Waals surface area contributed by atoms with Gasteiger partial charge in [-0.05, 0) is 19.8 Å². The molecule has 0 saturated heterocycles. The van der Waals surface area contributed by atoms with Gasteiger partial charge in [0.15, 0.2) is 11.4 Å². The fourth-order valence-corrected chi connectivity index (χ4v) is 4.71. The number of hydrogen-bond donors (Lipinski definition) is 2. The zero-order valence-corrected chi connectivity index (χ0v) is 22.6. The summed E-state index contributed by atoms with van der Waals surface area (Å²) in [6, 6.07) is 0. The first-order valence-electron chi connectivity index (χ1n) is 14.5. The van der Waals surface area contributed by atoms with Gasteiger partial charge in [0, 0.05) is 6.61 Å². The highest BCUT2D eigenvalue weighted by Crippen LogP contribution is 2.27. The first-order valence-corrected chi connectivity index (χ1v) is 14.5. The number of hydrogen-bond acceptors (Lipinski definition) is 4. The van der Waals surface area contributed by atoms with E-state index in [1.54, 1.807) is 0 Å². The Morgan fingerprint density at radius 3 is 1.39 bits per heavy atom. The van der Waals surface area contributed by atoms with Crippen molar-refractivity contribution in [2.75, 3.05) is 13.2 Å². The van der Waals surface area contributed by atoms with Crippen molar-refractivity contribution in [1.82, 2.24) is 0 Å². The molecule has 2 N–H and O–H groups in total. The highest BCUT2D eigenvalue weighted by Gasteiger charge is 2.42. The maximum atomic E-state index is 12.5. The van der Waals surface area contributed by atoms with Gasteiger partial charge in [0.1, 0.15) is 6.10 Å². The van der Waals surface area contributed by atoms with Gasteiger partial charge in [-0.25, -0.2) is 0 Å². The second kappa shape index (κ2) is 23.3. The summed E-state index contributed by atoms with van der Waals surface area (Å²) >= 11 is 0. The van der Waals surface area contributed by atoms with E-state index in [2.05, 4.69) is 13.8 Å². The molecule has 0 aliphatic carbocycles. The van der Waals surface area contributed by atoms with Crippen LogP contribution in [0.1, 0.15) is 156 Å². The van der Waals surface area contributed by atoms with E-state index < -0.39 is 18.3 Å². The van der Waals surface area contributed by atoms with E-state index in [0.29, 0.717) is 13.0 Å². The van der Waals surface area contributed by atoms with E-state index in [1.165, 1.54) is 103 Å². The minimum absolute atomic E-state index is 0.160. The van der Waals surface area contributed by atoms with E-state index >= 15 is 0 Å². The molecule has 198 valence electrons. The average molecular weight is 471 g/mol. The summed E-state index contributed by atoms with van der Waals surface area (Å²) in [6.07, 6.45) is 24.1. The minimum atomic E-state index is -1.24. The normalized spacial score (nSPS) is 14.3. The zero-order chi connectivity index (χ0) is 24.6. The summed E-state index contributed by atoms with van der Waals surface area (Å²) in [5.41, 5.74) is -1.24. The summed E-state index contributed by atoms with van der Waals surface area (Å²) in [5.74, 6) is -0.160. The largest absolute Gasteiger partial charge is 0.394 e. The predicted octanol–water partition coefficient (Wildman–Crippen LogP) is 7.92. The average Bonchev–Trinajstić information content (AvgIpc) is 2.81. The van der Waals surface area contributed by atoms with E-state index in [0.717, 1.165) is 32.1 Å². The second-order valence-electron chi connectivity index (χ2n) is 10.1. The summed E-state index contributed by atoms with van der Waals surface area (Å²) in [5, 5.41) is 20.0. The van der Waals surface area contributed by atoms with Gasteiger partial charge in [0.05, 0.1) is 6.61 Å². The molecule has 2 unspecified atom stereocenters. The van der Waals surface area contributed by atoms with Crippen molar-refractivity contribution in [3.63, 3.8) is 0 Å². The van der Waals surface area contributed by atoms with Crippen molar-refractivity contribution in [2.45, 2.75) is 167 Å². The Morgan fingerprint density at radius 2 is 1.03 bits per heavy atom. The highest BCUT2D eigenvalue weighted by atomic mass is 16.5. The van der Waals surface area contributed by atoms with Crippen LogP contribution in [0.2, 0.25) is 0 Å². The number of ketones is 1. The topological polar surface area (TPSA) is 66.8 Å². The van der Waals surface area contributed by atoms with Gasteiger partial charge in [0.2, 0.25) is 0 Å². The molecule has 4 nitrogen and oxygen atoms in total. The fraction of sp³-hybridized carbons (Fsp3) is 0.966. The molecular formula is C29H58O4. The van der Waals surface area contributed by atoms with Crippen LogP contribution in [0.15, 0.2) is 0 Å². The van der Waals surface area contributed by atoms with Crippen LogP contribution < -0.4 is 0 Å². The SMILES string of the molecule is CCCCCCCCCCCCOC(CCCCCCCCCCCC)(C(C)=O)C(O)CO. The van der Waals surface area contributed by atoms with Crippen LogP contribution in [0, 0.1) is 0 Å². The summed E-state index contributed by atoms with van der Waals surface area (Å²) in [6.45, 7) is 6.03. The van der Waals surface area contributed by atoms with Crippen molar-refractivity contribution in [2.24, 2.45) is 0 Å². The number of carbonyl (C=O) groups excluding carboxylic acids is 1. The number of ether oxygens (including phenoxy) is 1. The zero-order valence-electron chi connectivity index (χ0n) is 22.6. The molecular weight excluding hydrogens is 412 g/mol. The molecule has 2 atom stereocenters. The summed E-state index contributed by atoms with van der Waals surface area (Å²) < 4.78 is 6.04. The van der Waals surface area contributed by atoms with Crippen molar-refractivity contribution in [3.8, 4) is 0 Å². The number of Topliss-reactive ketones (excluding diaryl/α,β-unsaturated/α-hetero) is 1. The third-order valence-electron chi connectivity index (χ3n) is 7.07. The molecule has 0 fully saturated rings. The number of aliphatic hydroxyl groups excluding tert-OH is 2. The predicted molar refractivity (Wildman–Crippen MR) is 141 cm³/mol. The molecule has 4 heteroatoms. The Morgan fingerprint density at radius 1 is 0.667 bits per heavy atom. The lowest BCUT2D eigenvalue weighted by atomic mass is 9.86. The molecule has 0 rings (SSSR count). The van der Waals surface area contributed by atoms with Gasteiger partial charge in [-0.2, -0.15) is 0 Å². The first-order chi connectivity index (χ1) is 16.0. The Kier molecular flexibility index (Phi) is 23.0. The number of aliphatic hydroxyl groups is 2. The van der Waals surface area contributed by atoms with Crippen molar-refractivity contribution in [1.29, 1.82) is 0 Å². The number of carbonyl (C=O) groups is 1. The van der Waals surface area contributed by atoms with Gasteiger partial charge in [-0.15, -0.1) is 0 Å². The molecule has 0 amide bonds. The molecule has 0 aliphatic heterocycles. The molecule has 0 aromatic rings. The van der Waals surface area contributed by atoms with Crippen LogP contribution in [-0.2, 0) is 9.53 Å². The Bertz CT molecular complexity index is 426. The van der Waals surface area contributed by atoms with E-state index in [-0.39, 0.29) is 5.78 Å². The number of unbranched alkanes of at least 4 members (excludes halogenated alkanes) is 18. The minimum Gasteiger partial charge on any atom is -0.394 e. The lowest BCUT2D eigenvalue weighted by Crippen LogP contribution is -2.52. The Hall–Kier alpha value is -0.450. The van der Waals surface area contributed by atoms with E-state index in [4.69, 9.17) is 4.74 Å². The first kappa shape index (κ1) is 32.5. The molecule has 0 spiro atoms.